The zero-order valence-electron chi connectivity index (χ0n) is 8.35. The van der Waals surface area contributed by atoms with Crippen molar-refractivity contribution in [2.75, 3.05) is 5.32 Å². The van der Waals surface area contributed by atoms with Crippen LogP contribution in [0.15, 0.2) is 12.5 Å². The minimum Gasteiger partial charge on any atom is -0.360 e. The van der Waals surface area contributed by atoms with Crippen molar-refractivity contribution < 1.29 is 4.39 Å². The van der Waals surface area contributed by atoms with E-state index in [2.05, 4.69) is 25.4 Å². The maximum atomic E-state index is 13.2. The third kappa shape index (κ3) is 2.43. The lowest BCUT2D eigenvalue weighted by Gasteiger charge is -2.03. The molecule has 2 aromatic heterocycles. The first kappa shape index (κ1) is 10.7. The van der Waals surface area contributed by atoms with Crippen LogP contribution in [0.3, 0.4) is 0 Å². The van der Waals surface area contributed by atoms with Crippen LogP contribution in [-0.4, -0.2) is 24.7 Å². The maximum absolute atomic E-state index is 13.2. The van der Waals surface area contributed by atoms with Gasteiger partial charge in [-0.05, 0) is 11.6 Å². The summed E-state index contributed by atoms with van der Waals surface area (Å²) in [4.78, 5) is 11.2. The Morgan fingerprint density at radius 2 is 2.31 bits per heavy atom. The molecule has 0 spiro atoms. The Labute approximate surface area is 95.5 Å². The van der Waals surface area contributed by atoms with E-state index in [0.29, 0.717) is 5.82 Å². The quantitative estimate of drug-likeness (QED) is 0.814. The molecule has 0 amide bonds. The molecule has 0 aliphatic carbocycles. The fourth-order valence-corrected chi connectivity index (χ4v) is 1.23. The summed E-state index contributed by atoms with van der Waals surface area (Å²) in [5.41, 5.74) is 0. The molecule has 84 valence electrons. The molecule has 0 fully saturated rings. The molecule has 1 N–H and O–H groups in total. The van der Waals surface area contributed by atoms with Gasteiger partial charge in [0, 0.05) is 7.05 Å². The third-order valence-corrected chi connectivity index (χ3v) is 1.96. The number of aromatic nitrogens is 5. The van der Waals surface area contributed by atoms with E-state index in [1.165, 1.54) is 0 Å². The van der Waals surface area contributed by atoms with Crippen molar-refractivity contribution in [3.05, 3.63) is 29.4 Å². The monoisotopic (exact) mass is 242 g/mol. The molecule has 0 atom stereocenters. The molecule has 0 radical (unpaired) electrons. The molecule has 0 bridgehead atoms. The Balaban J connectivity index is 2.07. The SMILES string of the molecule is Cn1cnc(CNc2nc(Cl)ncc2F)n1. The lowest BCUT2D eigenvalue weighted by atomic mass is 10.5. The van der Waals surface area contributed by atoms with Gasteiger partial charge in [-0.25, -0.2) is 14.4 Å². The van der Waals surface area contributed by atoms with Gasteiger partial charge in [-0.15, -0.1) is 0 Å². The van der Waals surface area contributed by atoms with E-state index >= 15 is 0 Å². The van der Waals surface area contributed by atoms with Gasteiger partial charge in [0.15, 0.2) is 17.5 Å². The van der Waals surface area contributed by atoms with Gasteiger partial charge in [0.05, 0.1) is 12.7 Å². The fourth-order valence-electron chi connectivity index (χ4n) is 1.10. The number of nitrogens with zero attached hydrogens (tertiary/aromatic N) is 5. The Hall–Kier alpha value is -1.76. The van der Waals surface area contributed by atoms with Gasteiger partial charge in [-0.1, -0.05) is 0 Å². The summed E-state index contributed by atoms with van der Waals surface area (Å²) < 4.78 is 14.7. The number of rotatable bonds is 3. The van der Waals surface area contributed by atoms with Crippen molar-refractivity contribution >= 4 is 17.4 Å². The van der Waals surface area contributed by atoms with Crippen LogP contribution in [0.4, 0.5) is 10.2 Å². The molecule has 0 unspecified atom stereocenters. The van der Waals surface area contributed by atoms with Crippen LogP contribution in [0.5, 0.6) is 0 Å². The molecule has 0 aromatic carbocycles. The fraction of sp³-hybridized carbons (Fsp3) is 0.250. The second-order valence-electron chi connectivity index (χ2n) is 3.02. The second kappa shape index (κ2) is 4.40. The highest BCUT2D eigenvalue weighted by Crippen LogP contribution is 2.12. The average Bonchev–Trinajstić information content (AvgIpc) is 2.66. The van der Waals surface area contributed by atoms with E-state index in [1.807, 2.05) is 0 Å². The van der Waals surface area contributed by atoms with E-state index < -0.39 is 5.82 Å². The number of aryl methyl sites for hydroxylation is 1. The molecular formula is C8H8ClFN6. The first-order chi connectivity index (χ1) is 7.65. The van der Waals surface area contributed by atoms with E-state index in [4.69, 9.17) is 11.6 Å². The van der Waals surface area contributed by atoms with Crippen LogP contribution in [0.2, 0.25) is 5.28 Å². The molecule has 16 heavy (non-hydrogen) atoms. The summed E-state index contributed by atoms with van der Waals surface area (Å²) in [5.74, 6) is 0.00409. The average molecular weight is 243 g/mol. The van der Waals surface area contributed by atoms with Gasteiger partial charge in [0.25, 0.3) is 0 Å². The Kier molecular flexibility index (Phi) is 2.95. The molecule has 0 saturated heterocycles. The lowest BCUT2D eigenvalue weighted by molar-refractivity contribution is 0.616. The smallest absolute Gasteiger partial charge is 0.224 e. The molecule has 0 aliphatic heterocycles. The number of hydrogen-bond acceptors (Lipinski definition) is 5. The summed E-state index contributed by atoms with van der Waals surface area (Å²) in [7, 11) is 1.75. The van der Waals surface area contributed by atoms with Gasteiger partial charge in [0.2, 0.25) is 5.28 Å². The molecule has 8 heteroatoms. The van der Waals surface area contributed by atoms with Crippen molar-refractivity contribution in [1.29, 1.82) is 0 Å². The molecule has 2 aromatic rings. The second-order valence-corrected chi connectivity index (χ2v) is 3.36. The van der Waals surface area contributed by atoms with E-state index in [-0.39, 0.29) is 17.6 Å². The van der Waals surface area contributed by atoms with E-state index in [9.17, 15) is 4.39 Å². The first-order valence-electron chi connectivity index (χ1n) is 4.41. The van der Waals surface area contributed by atoms with Crippen LogP contribution in [0, 0.1) is 5.82 Å². The highest BCUT2D eigenvalue weighted by molar-refractivity contribution is 6.28. The normalized spacial score (nSPS) is 10.4. The summed E-state index contributed by atoms with van der Waals surface area (Å²) in [6.07, 6.45) is 2.56. The molecule has 6 nitrogen and oxygen atoms in total. The van der Waals surface area contributed by atoms with Crippen LogP contribution in [0.1, 0.15) is 5.82 Å². The third-order valence-electron chi connectivity index (χ3n) is 1.78. The largest absolute Gasteiger partial charge is 0.360 e. The lowest BCUT2D eigenvalue weighted by Crippen LogP contribution is -2.06. The molecule has 0 aliphatic rings. The first-order valence-corrected chi connectivity index (χ1v) is 4.79. The van der Waals surface area contributed by atoms with E-state index in [0.717, 1.165) is 6.20 Å². The van der Waals surface area contributed by atoms with Gasteiger partial charge < -0.3 is 5.32 Å². The number of halogens is 2. The number of hydrogen-bond donors (Lipinski definition) is 1. The van der Waals surface area contributed by atoms with Gasteiger partial charge >= 0.3 is 0 Å². The summed E-state index contributed by atoms with van der Waals surface area (Å²) in [6, 6.07) is 0. The minimum absolute atomic E-state index is 0.0159. The van der Waals surface area contributed by atoms with Gasteiger partial charge in [-0.3, -0.25) is 4.68 Å². The summed E-state index contributed by atoms with van der Waals surface area (Å²) in [5, 5.41) is 6.74. The van der Waals surface area contributed by atoms with Crippen molar-refractivity contribution in [2.24, 2.45) is 7.05 Å². The standard InChI is InChI=1S/C8H8ClFN6/c1-16-4-13-6(15-16)3-11-7-5(10)2-12-8(9)14-7/h2,4H,3H2,1H3,(H,11,12,14). The summed E-state index contributed by atoms with van der Waals surface area (Å²) >= 11 is 5.54. The van der Waals surface area contributed by atoms with Crippen molar-refractivity contribution in [3.63, 3.8) is 0 Å². The molecular weight excluding hydrogens is 235 g/mol. The topological polar surface area (TPSA) is 68.5 Å². The molecule has 0 saturated carbocycles. The zero-order valence-corrected chi connectivity index (χ0v) is 9.11. The minimum atomic E-state index is -0.569. The number of anilines is 1. The van der Waals surface area contributed by atoms with Gasteiger partial charge in [-0.2, -0.15) is 10.1 Å². The van der Waals surface area contributed by atoms with Gasteiger partial charge in [0.1, 0.15) is 6.33 Å². The van der Waals surface area contributed by atoms with Crippen LogP contribution in [0.25, 0.3) is 0 Å². The predicted molar refractivity (Wildman–Crippen MR) is 55.3 cm³/mol. The highest BCUT2D eigenvalue weighted by Gasteiger charge is 2.06. The van der Waals surface area contributed by atoms with E-state index in [1.54, 1.807) is 18.1 Å². The highest BCUT2D eigenvalue weighted by atomic mass is 35.5. The Morgan fingerprint density at radius 3 is 3.00 bits per heavy atom. The van der Waals surface area contributed by atoms with Crippen LogP contribution < -0.4 is 5.32 Å². The Bertz CT molecular complexity index is 499. The molecule has 2 rings (SSSR count). The zero-order chi connectivity index (χ0) is 11.5. The maximum Gasteiger partial charge on any atom is 0.224 e. The molecule has 2 heterocycles. The van der Waals surface area contributed by atoms with Crippen molar-refractivity contribution in [1.82, 2.24) is 24.7 Å². The Morgan fingerprint density at radius 1 is 1.50 bits per heavy atom. The van der Waals surface area contributed by atoms with Crippen LogP contribution in [-0.2, 0) is 13.6 Å². The van der Waals surface area contributed by atoms with Crippen LogP contribution >= 0.6 is 11.6 Å². The van der Waals surface area contributed by atoms with Crippen molar-refractivity contribution in [3.8, 4) is 0 Å². The van der Waals surface area contributed by atoms with Crippen molar-refractivity contribution in [2.45, 2.75) is 6.54 Å². The summed E-state index contributed by atoms with van der Waals surface area (Å²) in [6.45, 7) is 0.269. The number of nitrogens with one attached hydrogen (secondary N) is 1. The predicted octanol–water partition coefficient (Wildman–Crippen LogP) is 1.01.